The molecule has 0 aromatic carbocycles. The quantitative estimate of drug-likeness (QED) is 0.620. The van der Waals surface area contributed by atoms with Crippen LogP contribution < -0.4 is 0 Å². The van der Waals surface area contributed by atoms with Gasteiger partial charge in [-0.25, -0.2) is 0 Å². The van der Waals surface area contributed by atoms with Gasteiger partial charge in [-0.15, -0.1) is 13.2 Å². The molecule has 1 nitrogen and oxygen atoms in total. The van der Waals surface area contributed by atoms with Crippen molar-refractivity contribution >= 4 is 0 Å². The Morgan fingerprint density at radius 3 is 2.46 bits per heavy atom. The monoisotopic (exact) mass is 192 g/mol. The number of hydrogen-bond donors (Lipinski definition) is 0. The smallest absolute Gasteiger partial charge is 0.284 e. The van der Waals surface area contributed by atoms with E-state index in [2.05, 4.69) is 4.74 Å². The van der Waals surface area contributed by atoms with Gasteiger partial charge >= 0.3 is 6.36 Å². The van der Waals surface area contributed by atoms with Crippen molar-refractivity contribution in [1.29, 1.82) is 0 Å². The molecule has 1 aliphatic rings. The summed E-state index contributed by atoms with van der Waals surface area (Å²) in [5, 5.41) is 0. The normalized spacial score (nSPS) is 28.8. The highest BCUT2D eigenvalue weighted by molar-refractivity contribution is 5.24. The molecule has 4 heteroatoms. The molecule has 2 unspecified atom stereocenters. The molecule has 0 aromatic rings. The van der Waals surface area contributed by atoms with Crippen LogP contribution >= 0.6 is 0 Å². The average Bonchev–Trinajstić information content (AvgIpc) is 1.93. The molecular formula is C9H11F3O. The first-order valence-electron chi connectivity index (χ1n) is 3.99. The Hall–Kier alpha value is -0.770. The summed E-state index contributed by atoms with van der Waals surface area (Å²) in [6.07, 6.45) is -0.605. The Balaban J connectivity index is 2.60. The lowest BCUT2D eigenvalue weighted by molar-refractivity contribution is -0.339. The van der Waals surface area contributed by atoms with Crippen molar-refractivity contribution in [3.05, 3.63) is 23.8 Å². The number of ether oxygens (including phenoxy) is 1. The van der Waals surface area contributed by atoms with Crippen LogP contribution in [0.2, 0.25) is 0 Å². The van der Waals surface area contributed by atoms with Crippen molar-refractivity contribution in [1.82, 2.24) is 0 Å². The number of alkyl halides is 3. The number of rotatable bonds is 1. The van der Waals surface area contributed by atoms with Gasteiger partial charge in [0.15, 0.2) is 0 Å². The predicted molar refractivity (Wildman–Crippen MR) is 43.0 cm³/mol. The lowest BCUT2D eigenvalue weighted by Crippen LogP contribution is -2.28. The number of halogens is 3. The molecule has 0 saturated heterocycles. The summed E-state index contributed by atoms with van der Waals surface area (Å²) in [7, 11) is 0. The molecule has 0 saturated carbocycles. The van der Waals surface area contributed by atoms with Crippen molar-refractivity contribution in [2.24, 2.45) is 5.92 Å². The summed E-state index contributed by atoms with van der Waals surface area (Å²) in [4.78, 5) is 0. The molecule has 1 aliphatic carbocycles. The van der Waals surface area contributed by atoms with E-state index in [0.29, 0.717) is 0 Å². The summed E-state index contributed by atoms with van der Waals surface area (Å²) in [6.45, 7) is 3.54. The molecule has 0 radical (unpaired) electrons. The van der Waals surface area contributed by atoms with Crippen LogP contribution in [0.25, 0.3) is 0 Å². The maximum Gasteiger partial charge on any atom is 0.523 e. The molecule has 0 heterocycles. The fourth-order valence-corrected chi connectivity index (χ4v) is 1.29. The van der Waals surface area contributed by atoms with E-state index < -0.39 is 12.5 Å². The van der Waals surface area contributed by atoms with Gasteiger partial charge in [0, 0.05) is 5.92 Å². The minimum Gasteiger partial charge on any atom is -0.284 e. The molecule has 13 heavy (non-hydrogen) atoms. The molecule has 0 aromatic heterocycles. The van der Waals surface area contributed by atoms with Crippen LogP contribution in [0, 0.1) is 5.92 Å². The minimum absolute atomic E-state index is 0.230. The SMILES string of the molecule is CC1=CC(C)C(OC(F)(F)F)C=C1. The first-order chi connectivity index (χ1) is 5.88. The Morgan fingerprint density at radius 1 is 1.38 bits per heavy atom. The summed E-state index contributed by atoms with van der Waals surface area (Å²) < 4.78 is 39.4. The van der Waals surface area contributed by atoms with Crippen LogP contribution in [-0.2, 0) is 4.74 Å². The van der Waals surface area contributed by atoms with Crippen LogP contribution in [0.15, 0.2) is 23.8 Å². The zero-order valence-electron chi connectivity index (χ0n) is 7.43. The molecule has 0 amide bonds. The maximum absolute atomic E-state index is 11.8. The zero-order chi connectivity index (χ0) is 10.1. The van der Waals surface area contributed by atoms with E-state index in [4.69, 9.17) is 0 Å². The molecule has 0 aliphatic heterocycles. The van der Waals surface area contributed by atoms with Gasteiger partial charge in [0.2, 0.25) is 0 Å². The molecular weight excluding hydrogens is 181 g/mol. The highest BCUT2D eigenvalue weighted by Crippen LogP contribution is 2.26. The van der Waals surface area contributed by atoms with Gasteiger partial charge in [-0.1, -0.05) is 30.7 Å². The van der Waals surface area contributed by atoms with Gasteiger partial charge in [-0.05, 0) is 6.92 Å². The van der Waals surface area contributed by atoms with E-state index >= 15 is 0 Å². The lowest BCUT2D eigenvalue weighted by atomic mass is 9.96. The average molecular weight is 192 g/mol. The second-order valence-electron chi connectivity index (χ2n) is 3.16. The fourth-order valence-electron chi connectivity index (χ4n) is 1.29. The van der Waals surface area contributed by atoms with Gasteiger partial charge in [-0.3, -0.25) is 4.74 Å². The lowest BCUT2D eigenvalue weighted by Gasteiger charge is -2.23. The van der Waals surface area contributed by atoms with Gasteiger partial charge in [0.05, 0.1) is 6.10 Å². The third-order valence-corrected chi connectivity index (χ3v) is 1.86. The Labute approximate surface area is 74.9 Å². The standard InChI is InChI=1S/C9H11F3O/c1-6-3-4-8(7(2)5-6)13-9(10,11)12/h3-5,7-8H,1-2H3. The van der Waals surface area contributed by atoms with Crippen LogP contribution in [0.1, 0.15) is 13.8 Å². The van der Waals surface area contributed by atoms with Gasteiger partial charge in [-0.2, -0.15) is 0 Å². The topological polar surface area (TPSA) is 9.23 Å². The van der Waals surface area contributed by atoms with Crippen LogP contribution in [0.3, 0.4) is 0 Å². The first-order valence-corrected chi connectivity index (χ1v) is 3.99. The summed E-state index contributed by atoms with van der Waals surface area (Å²) in [5.74, 6) is -0.230. The van der Waals surface area contributed by atoms with Gasteiger partial charge in [0.1, 0.15) is 0 Å². The maximum atomic E-state index is 11.8. The molecule has 2 atom stereocenters. The largest absolute Gasteiger partial charge is 0.523 e. The molecule has 0 bridgehead atoms. The Morgan fingerprint density at radius 2 is 2.00 bits per heavy atom. The Bertz CT molecular complexity index is 240. The third kappa shape index (κ3) is 3.22. The summed E-state index contributed by atoms with van der Waals surface area (Å²) in [6, 6.07) is 0. The van der Waals surface area contributed by atoms with Crippen molar-refractivity contribution in [2.45, 2.75) is 26.3 Å². The number of hydrogen-bond acceptors (Lipinski definition) is 1. The first kappa shape index (κ1) is 10.3. The molecule has 0 N–H and O–H groups in total. The van der Waals surface area contributed by atoms with Crippen molar-refractivity contribution in [3.8, 4) is 0 Å². The second-order valence-corrected chi connectivity index (χ2v) is 3.16. The van der Waals surface area contributed by atoms with E-state index in [-0.39, 0.29) is 5.92 Å². The number of allylic oxidation sites excluding steroid dienone is 2. The highest BCUT2D eigenvalue weighted by Gasteiger charge is 2.34. The molecule has 1 rings (SSSR count). The van der Waals surface area contributed by atoms with E-state index in [9.17, 15) is 13.2 Å². The van der Waals surface area contributed by atoms with Crippen molar-refractivity contribution < 1.29 is 17.9 Å². The van der Waals surface area contributed by atoms with Crippen molar-refractivity contribution in [3.63, 3.8) is 0 Å². The highest BCUT2D eigenvalue weighted by atomic mass is 19.4. The summed E-state index contributed by atoms with van der Waals surface area (Å²) >= 11 is 0. The zero-order valence-corrected chi connectivity index (χ0v) is 7.43. The van der Waals surface area contributed by atoms with E-state index in [1.54, 1.807) is 19.1 Å². The molecule has 74 valence electrons. The molecule has 0 spiro atoms. The van der Waals surface area contributed by atoms with Crippen LogP contribution in [0.4, 0.5) is 13.2 Å². The minimum atomic E-state index is -4.55. The van der Waals surface area contributed by atoms with E-state index in [0.717, 1.165) is 5.57 Å². The van der Waals surface area contributed by atoms with Crippen LogP contribution in [-0.4, -0.2) is 12.5 Å². The summed E-state index contributed by atoms with van der Waals surface area (Å²) in [5.41, 5.74) is 0.967. The van der Waals surface area contributed by atoms with Crippen LogP contribution in [0.5, 0.6) is 0 Å². The molecule has 0 fully saturated rings. The third-order valence-electron chi connectivity index (χ3n) is 1.86. The van der Waals surface area contributed by atoms with Gasteiger partial charge in [0.25, 0.3) is 0 Å². The predicted octanol–water partition coefficient (Wildman–Crippen LogP) is 3.04. The fraction of sp³-hybridized carbons (Fsp3) is 0.556. The van der Waals surface area contributed by atoms with E-state index in [1.807, 2.05) is 6.92 Å². The second kappa shape index (κ2) is 3.54. The van der Waals surface area contributed by atoms with Crippen molar-refractivity contribution in [2.75, 3.05) is 0 Å². The Kier molecular flexibility index (Phi) is 2.81. The van der Waals surface area contributed by atoms with E-state index in [1.165, 1.54) is 6.08 Å². The van der Waals surface area contributed by atoms with Gasteiger partial charge < -0.3 is 0 Å².